The average Bonchev–Trinajstić information content (AvgIpc) is 2.60. The predicted octanol–water partition coefficient (Wildman–Crippen LogP) is 4.57. The first-order chi connectivity index (χ1) is 12.7. The summed E-state index contributed by atoms with van der Waals surface area (Å²) in [4.78, 5) is 12.0. The number of amides is 2. The molecular weight excluding hydrogens is 368 g/mol. The van der Waals surface area contributed by atoms with Crippen LogP contribution >= 0.6 is 0 Å². The van der Waals surface area contributed by atoms with Gasteiger partial charge in [-0.1, -0.05) is 6.07 Å². The zero-order chi connectivity index (χ0) is 20.0. The van der Waals surface area contributed by atoms with Crippen molar-refractivity contribution < 1.29 is 31.8 Å². The van der Waals surface area contributed by atoms with Gasteiger partial charge in [0.2, 0.25) is 0 Å². The van der Waals surface area contributed by atoms with E-state index in [1.54, 1.807) is 19.1 Å². The Kier molecular flexibility index (Phi) is 6.49. The number of nitrogens with one attached hydrogen (secondary N) is 2. The molecule has 0 spiro atoms. The lowest BCUT2D eigenvalue weighted by atomic mass is 10.1. The van der Waals surface area contributed by atoms with Crippen LogP contribution in [0.15, 0.2) is 36.4 Å². The van der Waals surface area contributed by atoms with Gasteiger partial charge in [0.05, 0.1) is 19.3 Å². The first-order valence-electron chi connectivity index (χ1n) is 7.96. The van der Waals surface area contributed by atoms with Crippen LogP contribution in [0.2, 0.25) is 0 Å². The molecule has 0 saturated carbocycles. The Morgan fingerprint density at radius 1 is 1.11 bits per heavy atom. The molecule has 0 aliphatic heterocycles. The third-order valence-electron chi connectivity index (χ3n) is 3.54. The van der Waals surface area contributed by atoms with Gasteiger partial charge in [0.1, 0.15) is 5.82 Å². The van der Waals surface area contributed by atoms with E-state index in [0.717, 1.165) is 12.1 Å². The highest BCUT2D eigenvalue weighted by Gasteiger charge is 2.33. The standard InChI is InChI=1S/C18H18F4N2O3/c1-3-27-16-9-13(6-7-15(16)26-2)24-17(25)23-10-11-4-5-12(19)8-14(11)18(20,21)22/h4-9H,3,10H2,1-2H3,(H2,23,24,25). The van der Waals surface area contributed by atoms with Crippen molar-refractivity contribution in [3.8, 4) is 11.5 Å². The number of hydrogen-bond acceptors (Lipinski definition) is 3. The molecule has 0 bridgehead atoms. The number of halogens is 4. The first-order valence-corrected chi connectivity index (χ1v) is 7.96. The molecule has 0 aliphatic rings. The number of alkyl halides is 3. The maximum Gasteiger partial charge on any atom is 0.416 e. The minimum Gasteiger partial charge on any atom is -0.493 e. The molecule has 0 atom stereocenters. The normalized spacial score (nSPS) is 11.0. The molecular formula is C18H18F4N2O3. The Labute approximate surface area is 153 Å². The van der Waals surface area contributed by atoms with Crippen LogP contribution in [0.1, 0.15) is 18.1 Å². The van der Waals surface area contributed by atoms with Crippen molar-refractivity contribution in [3.05, 3.63) is 53.3 Å². The maximum atomic E-state index is 13.1. The molecule has 9 heteroatoms. The van der Waals surface area contributed by atoms with E-state index in [-0.39, 0.29) is 5.56 Å². The molecule has 146 valence electrons. The van der Waals surface area contributed by atoms with Gasteiger partial charge in [-0.2, -0.15) is 13.2 Å². The van der Waals surface area contributed by atoms with Gasteiger partial charge in [-0.25, -0.2) is 9.18 Å². The lowest BCUT2D eigenvalue weighted by Gasteiger charge is -2.15. The number of hydrogen-bond donors (Lipinski definition) is 2. The van der Waals surface area contributed by atoms with Gasteiger partial charge in [0.15, 0.2) is 11.5 Å². The van der Waals surface area contributed by atoms with Crippen molar-refractivity contribution in [1.82, 2.24) is 5.32 Å². The van der Waals surface area contributed by atoms with Crippen LogP contribution in [0.5, 0.6) is 11.5 Å². The van der Waals surface area contributed by atoms with Gasteiger partial charge >= 0.3 is 12.2 Å². The molecule has 2 aromatic rings. The molecule has 0 saturated heterocycles. The molecule has 2 amide bonds. The monoisotopic (exact) mass is 386 g/mol. The van der Waals surface area contributed by atoms with E-state index in [1.165, 1.54) is 13.2 Å². The van der Waals surface area contributed by atoms with Crippen LogP contribution in [0.4, 0.5) is 28.0 Å². The van der Waals surface area contributed by atoms with Crippen LogP contribution in [0, 0.1) is 5.82 Å². The number of carbonyl (C=O) groups excluding carboxylic acids is 1. The average molecular weight is 386 g/mol. The Morgan fingerprint density at radius 2 is 1.85 bits per heavy atom. The summed E-state index contributed by atoms with van der Waals surface area (Å²) in [5.74, 6) is -0.114. The van der Waals surface area contributed by atoms with Crippen molar-refractivity contribution in [2.75, 3.05) is 19.0 Å². The number of methoxy groups -OCH3 is 1. The van der Waals surface area contributed by atoms with E-state index in [0.29, 0.717) is 29.9 Å². The fourth-order valence-electron chi connectivity index (χ4n) is 2.34. The number of ether oxygens (including phenoxy) is 2. The van der Waals surface area contributed by atoms with Crippen LogP contribution in [0.25, 0.3) is 0 Å². The summed E-state index contributed by atoms with van der Waals surface area (Å²) in [7, 11) is 1.47. The molecule has 27 heavy (non-hydrogen) atoms. The molecule has 0 aromatic heterocycles. The quantitative estimate of drug-likeness (QED) is 0.715. The second-order valence-electron chi connectivity index (χ2n) is 5.41. The van der Waals surface area contributed by atoms with Gasteiger partial charge in [0.25, 0.3) is 0 Å². The first kappa shape index (κ1) is 20.3. The smallest absolute Gasteiger partial charge is 0.416 e. The molecule has 2 N–H and O–H groups in total. The van der Waals surface area contributed by atoms with Crippen LogP contribution in [0.3, 0.4) is 0 Å². The largest absolute Gasteiger partial charge is 0.493 e. The van der Waals surface area contributed by atoms with E-state index in [2.05, 4.69) is 10.6 Å². The Morgan fingerprint density at radius 3 is 2.48 bits per heavy atom. The highest BCUT2D eigenvalue weighted by molar-refractivity contribution is 5.89. The van der Waals surface area contributed by atoms with E-state index >= 15 is 0 Å². The number of urea groups is 1. The van der Waals surface area contributed by atoms with E-state index in [9.17, 15) is 22.4 Å². The summed E-state index contributed by atoms with van der Waals surface area (Å²) in [5, 5.41) is 4.81. The summed E-state index contributed by atoms with van der Waals surface area (Å²) in [6, 6.07) is 6.23. The predicted molar refractivity (Wildman–Crippen MR) is 91.4 cm³/mol. The number of rotatable bonds is 6. The summed E-state index contributed by atoms with van der Waals surface area (Å²) in [6.07, 6.45) is -4.72. The third kappa shape index (κ3) is 5.50. The maximum absolute atomic E-state index is 13.1. The van der Waals surface area contributed by atoms with Crippen LogP contribution in [-0.4, -0.2) is 19.7 Å². The van der Waals surface area contributed by atoms with Gasteiger partial charge in [-0.3, -0.25) is 0 Å². The molecule has 2 aromatic carbocycles. The summed E-state index contributed by atoms with van der Waals surface area (Å²) in [5.41, 5.74) is -1.01. The van der Waals surface area contributed by atoms with Crippen molar-refractivity contribution in [1.29, 1.82) is 0 Å². The highest BCUT2D eigenvalue weighted by atomic mass is 19.4. The van der Waals surface area contributed by atoms with Gasteiger partial charge in [-0.15, -0.1) is 0 Å². The van der Waals surface area contributed by atoms with Crippen molar-refractivity contribution in [2.45, 2.75) is 19.6 Å². The number of carbonyl (C=O) groups is 1. The zero-order valence-electron chi connectivity index (χ0n) is 14.6. The van der Waals surface area contributed by atoms with E-state index in [4.69, 9.17) is 9.47 Å². The Hall–Kier alpha value is -2.97. The molecule has 2 rings (SSSR count). The Balaban J connectivity index is 2.06. The van der Waals surface area contributed by atoms with Crippen molar-refractivity contribution in [2.24, 2.45) is 0 Å². The minimum atomic E-state index is -4.72. The molecule has 0 fully saturated rings. The van der Waals surface area contributed by atoms with Gasteiger partial charge < -0.3 is 20.1 Å². The minimum absolute atomic E-state index is 0.246. The fourth-order valence-corrected chi connectivity index (χ4v) is 2.34. The van der Waals surface area contributed by atoms with Crippen LogP contribution in [-0.2, 0) is 12.7 Å². The molecule has 0 heterocycles. The second kappa shape index (κ2) is 8.61. The topological polar surface area (TPSA) is 59.6 Å². The van der Waals surface area contributed by atoms with Crippen molar-refractivity contribution >= 4 is 11.7 Å². The number of anilines is 1. The highest BCUT2D eigenvalue weighted by Crippen LogP contribution is 2.33. The summed E-state index contributed by atoms with van der Waals surface area (Å²) in [6.45, 7) is 1.75. The second-order valence-corrected chi connectivity index (χ2v) is 5.41. The summed E-state index contributed by atoms with van der Waals surface area (Å²) < 4.78 is 62.5. The lowest BCUT2D eigenvalue weighted by Crippen LogP contribution is -2.29. The molecule has 0 aliphatic carbocycles. The molecule has 0 unspecified atom stereocenters. The molecule has 0 radical (unpaired) electrons. The molecule has 5 nitrogen and oxygen atoms in total. The Bertz CT molecular complexity index is 810. The van der Waals surface area contributed by atoms with Gasteiger partial charge in [0, 0.05) is 18.3 Å². The number of benzene rings is 2. The zero-order valence-corrected chi connectivity index (χ0v) is 14.6. The van der Waals surface area contributed by atoms with Gasteiger partial charge in [-0.05, 0) is 36.8 Å². The third-order valence-corrected chi connectivity index (χ3v) is 3.54. The van der Waals surface area contributed by atoms with E-state index < -0.39 is 30.1 Å². The van der Waals surface area contributed by atoms with E-state index in [1.807, 2.05) is 0 Å². The van der Waals surface area contributed by atoms with Crippen LogP contribution < -0.4 is 20.1 Å². The fraction of sp³-hybridized carbons (Fsp3) is 0.278. The summed E-state index contributed by atoms with van der Waals surface area (Å²) >= 11 is 0. The SMILES string of the molecule is CCOc1cc(NC(=O)NCc2ccc(F)cc2C(F)(F)F)ccc1OC. The lowest BCUT2D eigenvalue weighted by molar-refractivity contribution is -0.138. The van der Waals surface area contributed by atoms with Crippen molar-refractivity contribution in [3.63, 3.8) is 0 Å².